The van der Waals surface area contributed by atoms with Crippen LogP contribution in [0.15, 0.2) is 24.4 Å². The number of nitrogens with one attached hydrogen (secondary N) is 2. The van der Waals surface area contributed by atoms with Crippen LogP contribution in [0, 0.1) is 17.8 Å². The Morgan fingerprint density at radius 3 is 2.24 bits per heavy atom. The predicted octanol–water partition coefficient (Wildman–Crippen LogP) is 2.56. The van der Waals surface area contributed by atoms with E-state index in [1.165, 1.54) is 19.3 Å². The topological polar surface area (TPSA) is 71.1 Å². The molecule has 4 aliphatic carbocycles. The van der Waals surface area contributed by atoms with Gasteiger partial charge >= 0.3 is 0 Å². The predicted molar refractivity (Wildman–Crippen MR) is 94.4 cm³/mol. The van der Waals surface area contributed by atoms with E-state index >= 15 is 0 Å². The Morgan fingerprint density at radius 2 is 1.64 bits per heavy atom. The van der Waals surface area contributed by atoms with Gasteiger partial charge in [0.05, 0.1) is 12.2 Å². The van der Waals surface area contributed by atoms with Crippen LogP contribution in [0.3, 0.4) is 0 Å². The molecule has 0 radical (unpaired) electrons. The quantitative estimate of drug-likeness (QED) is 0.835. The maximum absolute atomic E-state index is 12.4. The first kappa shape index (κ1) is 16.6. The third-order valence-corrected chi connectivity index (χ3v) is 6.21. The maximum Gasteiger partial charge on any atom is 0.220 e. The number of pyridine rings is 1. The third kappa shape index (κ3) is 3.86. The van der Waals surface area contributed by atoms with E-state index in [0.29, 0.717) is 6.54 Å². The molecule has 0 unspecified atom stereocenters. The Labute approximate surface area is 149 Å². The minimum atomic E-state index is -0.0914. The van der Waals surface area contributed by atoms with Gasteiger partial charge in [-0.3, -0.25) is 14.6 Å². The number of nitrogens with zero attached hydrogens (tertiary/aromatic N) is 1. The summed E-state index contributed by atoms with van der Waals surface area (Å²) < 4.78 is 0. The summed E-state index contributed by atoms with van der Waals surface area (Å²) >= 11 is 0. The summed E-state index contributed by atoms with van der Waals surface area (Å²) in [5, 5.41) is 6.15. The second kappa shape index (κ2) is 6.77. The smallest absolute Gasteiger partial charge is 0.220 e. The first-order chi connectivity index (χ1) is 12.1. The van der Waals surface area contributed by atoms with Crippen LogP contribution in [-0.4, -0.2) is 22.3 Å². The SMILES string of the molecule is O=C(CCC(=O)NC12CC3CC(CC(C3)C1)C2)NCc1ccccn1. The first-order valence-electron chi connectivity index (χ1n) is 9.58. The molecule has 0 aromatic carbocycles. The third-order valence-electron chi connectivity index (χ3n) is 6.21. The highest BCUT2D eigenvalue weighted by atomic mass is 16.2. The monoisotopic (exact) mass is 341 g/mol. The van der Waals surface area contributed by atoms with E-state index < -0.39 is 0 Å². The number of aromatic nitrogens is 1. The normalized spacial score (nSPS) is 32.4. The average molecular weight is 341 g/mol. The average Bonchev–Trinajstić information content (AvgIpc) is 2.57. The van der Waals surface area contributed by atoms with Crippen molar-refractivity contribution in [2.45, 2.75) is 63.5 Å². The molecule has 25 heavy (non-hydrogen) atoms. The molecule has 2 amide bonds. The number of hydrogen-bond acceptors (Lipinski definition) is 3. The zero-order chi connectivity index (χ0) is 17.3. The van der Waals surface area contributed by atoms with Crippen LogP contribution >= 0.6 is 0 Å². The second-order valence-corrected chi connectivity index (χ2v) is 8.34. The van der Waals surface area contributed by atoms with Gasteiger partial charge in [-0.15, -0.1) is 0 Å². The lowest BCUT2D eigenvalue weighted by molar-refractivity contribution is -0.130. The van der Waals surface area contributed by atoms with Crippen molar-refractivity contribution < 1.29 is 9.59 Å². The first-order valence-corrected chi connectivity index (χ1v) is 9.58. The molecule has 134 valence electrons. The molecule has 5 heteroatoms. The van der Waals surface area contributed by atoms with Crippen molar-refractivity contribution in [2.75, 3.05) is 0 Å². The molecule has 4 fully saturated rings. The highest BCUT2D eigenvalue weighted by Gasteiger charge is 2.51. The molecule has 1 aromatic rings. The minimum Gasteiger partial charge on any atom is -0.351 e. The summed E-state index contributed by atoms with van der Waals surface area (Å²) in [6.07, 6.45) is 9.77. The van der Waals surface area contributed by atoms with Crippen LogP contribution in [0.25, 0.3) is 0 Å². The van der Waals surface area contributed by atoms with Crippen molar-refractivity contribution in [3.8, 4) is 0 Å². The van der Waals surface area contributed by atoms with Gasteiger partial charge in [0, 0.05) is 24.6 Å². The molecule has 1 aromatic heterocycles. The largest absolute Gasteiger partial charge is 0.351 e. The Morgan fingerprint density at radius 1 is 1.00 bits per heavy atom. The Bertz CT molecular complexity index is 608. The summed E-state index contributed by atoms with van der Waals surface area (Å²) in [7, 11) is 0. The lowest BCUT2D eigenvalue weighted by atomic mass is 9.53. The molecule has 5 rings (SSSR count). The summed E-state index contributed by atoms with van der Waals surface area (Å²) in [4.78, 5) is 28.5. The minimum absolute atomic E-state index is 0.0370. The number of carbonyl (C=O) groups is 2. The standard InChI is InChI=1S/C20H27N3O2/c24-18(22-13-17-3-1-2-6-21-17)4-5-19(25)23-20-10-14-7-15(11-20)9-16(8-14)12-20/h1-3,6,14-16H,4-5,7-13H2,(H,22,24)(H,23,25). The summed E-state index contributed by atoms with van der Waals surface area (Å²) in [6.45, 7) is 0.413. The lowest BCUT2D eigenvalue weighted by Gasteiger charge is -2.56. The van der Waals surface area contributed by atoms with Crippen LogP contribution < -0.4 is 10.6 Å². The Hall–Kier alpha value is -1.91. The van der Waals surface area contributed by atoms with Gasteiger partial charge in [-0.1, -0.05) is 6.07 Å². The fraction of sp³-hybridized carbons (Fsp3) is 0.650. The van der Waals surface area contributed by atoms with Crippen LogP contribution in [0.5, 0.6) is 0 Å². The van der Waals surface area contributed by atoms with Crippen LogP contribution in [0.2, 0.25) is 0 Å². The molecule has 0 spiro atoms. The Kier molecular flexibility index (Phi) is 4.48. The van der Waals surface area contributed by atoms with Crippen molar-refractivity contribution in [3.63, 3.8) is 0 Å². The van der Waals surface area contributed by atoms with Crippen LogP contribution in [0.4, 0.5) is 0 Å². The summed E-state index contributed by atoms with van der Waals surface area (Å²) in [6, 6.07) is 5.62. The van der Waals surface area contributed by atoms with E-state index in [0.717, 1.165) is 42.7 Å². The van der Waals surface area contributed by atoms with Gasteiger partial charge in [0.15, 0.2) is 0 Å². The molecule has 1 heterocycles. The maximum atomic E-state index is 12.4. The van der Waals surface area contributed by atoms with Crippen LogP contribution in [0.1, 0.15) is 57.1 Å². The number of hydrogen-bond donors (Lipinski definition) is 2. The van der Waals surface area contributed by atoms with Gasteiger partial charge < -0.3 is 10.6 Å². The van der Waals surface area contributed by atoms with Gasteiger partial charge in [0.2, 0.25) is 11.8 Å². The number of rotatable bonds is 6. The fourth-order valence-electron chi connectivity index (χ4n) is 5.63. The molecule has 0 atom stereocenters. The van der Waals surface area contributed by atoms with Gasteiger partial charge in [-0.05, 0) is 68.4 Å². The zero-order valence-corrected chi connectivity index (χ0v) is 14.7. The molecule has 4 saturated carbocycles. The summed E-state index contributed by atoms with van der Waals surface area (Å²) in [5.74, 6) is 2.39. The van der Waals surface area contributed by atoms with Crippen molar-refractivity contribution in [1.29, 1.82) is 0 Å². The molecule has 2 N–H and O–H groups in total. The van der Waals surface area contributed by atoms with Gasteiger partial charge in [0.1, 0.15) is 0 Å². The van der Waals surface area contributed by atoms with E-state index in [-0.39, 0.29) is 30.2 Å². The number of carbonyl (C=O) groups excluding carboxylic acids is 2. The molecule has 5 nitrogen and oxygen atoms in total. The van der Waals surface area contributed by atoms with E-state index in [2.05, 4.69) is 15.6 Å². The highest BCUT2D eigenvalue weighted by Crippen LogP contribution is 2.55. The van der Waals surface area contributed by atoms with Crippen molar-refractivity contribution in [2.24, 2.45) is 17.8 Å². The van der Waals surface area contributed by atoms with Crippen molar-refractivity contribution in [3.05, 3.63) is 30.1 Å². The second-order valence-electron chi connectivity index (χ2n) is 8.34. The van der Waals surface area contributed by atoms with Gasteiger partial charge in [-0.2, -0.15) is 0 Å². The van der Waals surface area contributed by atoms with E-state index in [1.54, 1.807) is 6.20 Å². The molecular formula is C20H27N3O2. The molecule has 4 bridgehead atoms. The Balaban J connectivity index is 1.22. The molecule has 0 aliphatic heterocycles. The fourth-order valence-corrected chi connectivity index (χ4v) is 5.63. The van der Waals surface area contributed by atoms with E-state index in [1.807, 2.05) is 18.2 Å². The molecular weight excluding hydrogens is 314 g/mol. The zero-order valence-electron chi connectivity index (χ0n) is 14.7. The van der Waals surface area contributed by atoms with Gasteiger partial charge in [0.25, 0.3) is 0 Å². The van der Waals surface area contributed by atoms with Crippen molar-refractivity contribution in [1.82, 2.24) is 15.6 Å². The molecule has 4 aliphatic rings. The molecule has 0 saturated heterocycles. The number of amides is 2. The van der Waals surface area contributed by atoms with E-state index in [4.69, 9.17) is 0 Å². The highest BCUT2D eigenvalue weighted by molar-refractivity contribution is 5.84. The van der Waals surface area contributed by atoms with Crippen molar-refractivity contribution >= 4 is 11.8 Å². The van der Waals surface area contributed by atoms with Crippen LogP contribution in [-0.2, 0) is 16.1 Å². The van der Waals surface area contributed by atoms with Gasteiger partial charge in [-0.25, -0.2) is 0 Å². The van der Waals surface area contributed by atoms with E-state index in [9.17, 15) is 9.59 Å². The lowest BCUT2D eigenvalue weighted by Crippen LogP contribution is -2.59. The summed E-state index contributed by atoms with van der Waals surface area (Å²) in [5.41, 5.74) is 0.866.